The number of rotatable bonds is 8. The quantitative estimate of drug-likeness (QED) is 0.473. The highest BCUT2D eigenvalue weighted by atomic mass is 127. The molecule has 2 N–H and O–H groups in total. The van der Waals surface area contributed by atoms with E-state index in [4.69, 9.17) is 0 Å². The van der Waals surface area contributed by atoms with E-state index >= 15 is 0 Å². The minimum absolute atomic E-state index is 0.00448. The summed E-state index contributed by atoms with van der Waals surface area (Å²) in [4.78, 5) is 28.2. The van der Waals surface area contributed by atoms with E-state index in [1.165, 1.54) is 0 Å². The van der Waals surface area contributed by atoms with E-state index in [9.17, 15) is 9.59 Å². The van der Waals surface area contributed by atoms with Crippen LogP contribution in [0.5, 0.6) is 0 Å². The number of nitrogens with one attached hydrogen (secondary N) is 2. The molecular weight excluding hydrogens is 437 g/mol. The van der Waals surface area contributed by atoms with E-state index in [0.29, 0.717) is 12.1 Å². The van der Waals surface area contributed by atoms with Gasteiger partial charge in [-0.15, -0.1) is 11.3 Å². The number of unbranched alkanes of at least 4 members (excludes halogenated alkanes) is 1. The van der Waals surface area contributed by atoms with Crippen LogP contribution in [0.25, 0.3) is 0 Å². The average Bonchev–Trinajstić information content (AvgIpc) is 2.98. The molecular formula is C17H20IN3O2S. The van der Waals surface area contributed by atoms with Gasteiger partial charge in [-0.2, -0.15) is 0 Å². The SMILES string of the molecule is Cc1csc(CCCCNC(=O)CNC(=O)c2ccccc2I)n1. The maximum atomic E-state index is 12.0. The summed E-state index contributed by atoms with van der Waals surface area (Å²) in [6.45, 7) is 2.60. The van der Waals surface area contributed by atoms with Crippen LogP contribution in [0.15, 0.2) is 29.6 Å². The van der Waals surface area contributed by atoms with Crippen LogP contribution in [0.2, 0.25) is 0 Å². The van der Waals surface area contributed by atoms with E-state index in [1.54, 1.807) is 23.5 Å². The van der Waals surface area contributed by atoms with E-state index in [0.717, 1.165) is 33.5 Å². The third-order valence-corrected chi connectivity index (χ3v) is 5.30. The fourth-order valence-electron chi connectivity index (χ4n) is 2.11. The Balaban J connectivity index is 1.60. The lowest BCUT2D eigenvalue weighted by Crippen LogP contribution is -2.37. The Bertz CT molecular complexity index is 703. The molecule has 0 radical (unpaired) electrons. The number of hydrogen-bond donors (Lipinski definition) is 2. The average molecular weight is 457 g/mol. The third kappa shape index (κ3) is 6.20. The van der Waals surface area contributed by atoms with Crippen LogP contribution in [0, 0.1) is 10.5 Å². The Labute approximate surface area is 159 Å². The molecule has 0 saturated carbocycles. The highest BCUT2D eigenvalue weighted by Gasteiger charge is 2.10. The molecule has 0 aliphatic rings. The second kappa shape index (κ2) is 9.73. The van der Waals surface area contributed by atoms with Crippen molar-refractivity contribution in [3.8, 4) is 0 Å². The first kappa shape index (κ1) is 18.9. The Morgan fingerprint density at radius 1 is 1.21 bits per heavy atom. The molecule has 1 aromatic heterocycles. The van der Waals surface area contributed by atoms with Crippen molar-refractivity contribution in [2.45, 2.75) is 26.2 Å². The molecule has 0 aliphatic carbocycles. The number of thiazole rings is 1. The number of halogens is 1. The summed E-state index contributed by atoms with van der Waals surface area (Å²) in [5, 5.41) is 8.66. The normalized spacial score (nSPS) is 10.4. The first-order valence-corrected chi connectivity index (χ1v) is 9.72. The topological polar surface area (TPSA) is 71.1 Å². The summed E-state index contributed by atoms with van der Waals surface area (Å²) in [5.74, 6) is -0.395. The van der Waals surface area contributed by atoms with E-state index in [-0.39, 0.29) is 18.4 Å². The highest BCUT2D eigenvalue weighted by molar-refractivity contribution is 14.1. The van der Waals surface area contributed by atoms with Gasteiger partial charge >= 0.3 is 0 Å². The molecule has 0 saturated heterocycles. The summed E-state index contributed by atoms with van der Waals surface area (Å²) in [6.07, 6.45) is 2.83. The third-order valence-electron chi connectivity index (χ3n) is 3.33. The zero-order chi connectivity index (χ0) is 17.4. The fourth-order valence-corrected chi connectivity index (χ4v) is 3.56. The van der Waals surface area contributed by atoms with Crippen molar-refractivity contribution in [1.29, 1.82) is 0 Å². The minimum atomic E-state index is -0.228. The predicted molar refractivity (Wildman–Crippen MR) is 104 cm³/mol. The predicted octanol–water partition coefficient (Wildman–Crippen LogP) is 2.93. The molecule has 5 nitrogen and oxygen atoms in total. The summed E-state index contributed by atoms with van der Waals surface area (Å²) in [6, 6.07) is 7.29. The Hall–Kier alpha value is -1.48. The Morgan fingerprint density at radius 3 is 2.71 bits per heavy atom. The van der Waals surface area contributed by atoms with Crippen molar-refractivity contribution < 1.29 is 9.59 Å². The number of nitrogens with zero attached hydrogens (tertiary/aromatic N) is 1. The van der Waals surface area contributed by atoms with E-state index < -0.39 is 0 Å². The molecule has 0 fully saturated rings. The van der Waals surface area contributed by atoms with Crippen LogP contribution in [0.1, 0.15) is 33.9 Å². The van der Waals surface area contributed by atoms with E-state index in [2.05, 4.69) is 38.2 Å². The monoisotopic (exact) mass is 457 g/mol. The number of hydrogen-bond acceptors (Lipinski definition) is 4. The van der Waals surface area contributed by atoms with E-state index in [1.807, 2.05) is 24.4 Å². The van der Waals surface area contributed by atoms with Crippen molar-refractivity contribution in [3.05, 3.63) is 49.5 Å². The van der Waals surface area contributed by atoms with Crippen molar-refractivity contribution in [3.63, 3.8) is 0 Å². The number of aryl methyl sites for hydroxylation is 2. The molecule has 1 aromatic carbocycles. The van der Waals surface area contributed by atoms with Gasteiger partial charge in [0.2, 0.25) is 5.91 Å². The lowest BCUT2D eigenvalue weighted by atomic mass is 10.2. The first-order valence-electron chi connectivity index (χ1n) is 7.76. The van der Waals surface area contributed by atoms with Crippen LogP contribution >= 0.6 is 33.9 Å². The molecule has 2 amide bonds. The molecule has 0 bridgehead atoms. The summed E-state index contributed by atoms with van der Waals surface area (Å²) < 4.78 is 0.866. The Morgan fingerprint density at radius 2 is 2.00 bits per heavy atom. The van der Waals surface area contributed by atoms with Crippen molar-refractivity contribution in [2.75, 3.05) is 13.1 Å². The maximum Gasteiger partial charge on any atom is 0.252 e. The molecule has 128 valence electrons. The van der Waals surface area contributed by atoms with Crippen molar-refractivity contribution in [1.82, 2.24) is 15.6 Å². The number of benzene rings is 1. The van der Waals surface area contributed by atoms with Crippen molar-refractivity contribution >= 4 is 45.7 Å². The summed E-state index contributed by atoms with van der Waals surface area (Å²) >= 11 is 3.78. The smallest absolute Gasteiger partial charge is 0.252 e. The number of carbonyl (C=O) groups is 2. The van der Waals surface area contributed by atoms with Gasteiger partial charge in [-0.1, -0.05) is 12.1 Å². The molecule has 2 aromatic rings. The first-order chi connectivity index (χ1) is 11.6. The van der Waals surface area contributed by atoms with Gasteiger partial charge in [-0.3, -0.25) is 9.59 Å². The molecule has 1 heterocycles. The number of carbonyl (C=O) groups excluding carboxylic acids is 2. The van der Waals surface area contributed by atoms with Gasteiger partial charge in [-0.25, -0.2) is 4.98 Å². The highest BCUT2D eigenvalue weighted by Crippen LogP contribution is 2.12. The fraction of sp³-hybridized carbons (Fsp3) is 0.353. The molecule has 0 unspecified atom stereocenters. The van der Waals surface area contributed by atoms with Gasteiger partial charge in [0.05, 0.1) is 17.1 Å². The van der Waals surface area contributed by atoms with Gasteiger partial charge in [0.1, 0.15) is 0 Å². The second-order valence-electron chi connectivity index (χ2n) is 5.35. The largest absolute Gasteiger partial charge is 0.355 e. The molecule has 0 spiro atoms. The molecule has 0 atom stereocenters. The molecule has 2 rings (SSSR count). The lowest BCUT2D eigenvalue weighted by Gasteiger charge is -2.08. The molecule has 0 aliphatic heterocycles. The zero-order valence-corrected chi connectivity index (χ0v) is 16.4. The van der Waals surface area contributed by atoms with Crippen molar-refractivity contribution in [2.24, 2.45) is 0 Å². The van der Waals surface area contributed by atoms with Gasteiger partial charge in [0.15, 0.2) is 0 Å². The minimum Gasteiger partial charge on any atom is -0.355 e. The standard InChI is InChI=1S/C17H20IN3O2S/c1-12-11-24-16(21-12)8-4-5-9-19-15(22)10-20-17(23)13-6-2-3-7-14(13)18/h2-3,6-7,11H,4-5,8-10H2,1H3,(H,19,22)(H,20,23). The van der Waals surface area contributed by atoms with Crippen LogP contribution in [0.4, 0.5) is 0 Å². The second-order valence-corrected chi connectivity index (χ2v) is 7.46. The summed E-state index contributed by atoms with van der Waals surface area (Å²) in [5.41, 5.74) is 1.65. The van der Waals surface area contributed by atoms with Gasteiger partial charge in [-0.05, 0) is 60.9 Å². The van der Waals surface area contributed by atoms with Gasteiger partial charge < -0.3 is 10.6 Å². The van der Waals surface area contributed by atoms with Gasteiger partial charge in [0, 0.05) is 21.2 Å². The summed E-state index contributed by atoms with van der Waals surface area (Å²) in [7, 11) is 0. The maximum absolute atomic E-state index is 12.0. The molecule has 24 heavy (non-hydrogen) atoms. The lowest BCUT2D eigenvalue weighted by molar-refractivity contribution is -0.120. The van der Waals surface area contributed by atoms with Crippen LogP contribution in [-0.2, 0) is 11.2 Å². The Kier molecular flexibility index (Phi) is 7.64. The van der Waals surface area contributed by atoms with Crippen LogP contribution in [-0.4, -0.2) is 29.9 Å². The van der Waals surface area contributed by atoms with Gasteiger partial charge in [0.25, 0.3) is 5.91 Å². The van der Waals surface area contributed by atoms with Crippen LogP contribution < -0.4 is 10.6 Å². The molecule has 7 heteroatoms. The zero-order valence-electron chi connectivity index (χ0n) is 13.5. The number of aromatic nitrogens is 1. The van der Waals surface area contributed by atoms with Crippen LogP contribution in [0.3, 0.4) is 0 Å². The number of amides is 2.